The Morgan fingerprint density at radius 2 is 2.23 bits per heavy atom. The van der Waals surface area contributed by atoms with E-state index in [1.54, 1.807) is 11.8 Å². The molecule has 8 heteroatoms. The summed E-state index contributed by atoms with van der Waals surface area (Å²) in [7, 11) is 0. The van der Waals surface area contributed by atoms with Crippen molar-refractivity contribution < 1.29 is 9.32 Å². The molecule has 1 atom stereocenters. The molecule has 2 amide bonds. The zero-order valence-electron chi connectivity index (χ0n) is 15.0. The number of aromatic nitrogens is 4. The minimum atomic E-state index is -0.159. The highest BCUT2D eigenvalue weighted by Crippen LogP contribution is 2.29. The summed E-state index contributed by atoms with van der Waals surface area (Å²) in [5.41, 5.74) is 2.84. The van der Waals surface area contributed by atoms with Crippen molar-refractivity contribution in [2.45, 2.75) is 45.7 Å². The zero-order chi connectivity index (χ0) is 18.1. The summed E-state index contributed by atoms with van der Waals surface area (Å²) < 4.78 is 7.28. The number of nitrogens with one attached hydrogen (secondary N) is 1. The van der Waals surface area contributed by atoms with Crippen LogP contribution in [0.2, 0.25) is 0 Å². The van der Waals surface area contributed by atoms with Gasteiger partial charge in [0.05, 0.1) is 12.2 Å². The van der Waals surface area contributed by atoms with Crippen molar-refractivity contribution in [1.29, 1.82) is 0 Å². The van der Waals surface area contributed by atoms with Crippen LogP contribution in [0.3, 0.4) is 0 Å². The fourth-order valence-electron chi connectivity index (χ4n) is 3.44. The SMILES string of the molecule is Cc1noc([C@@H]2CCCCN2C(=O)NCc2cn3cccc(C)c3n2)n1. The first-order valence-corrected chi connectivity index (χ1v) is 8.89. The maximum Gasteiger partial charge on any atom is 0.318 e. The molecule has 0 unspecified atom stereocenters. The van der Waals surface area contributed by atoms with Gasteiger partial charge in [0.15, 0.2) is 5.82 Å². The molecule has 3 aromatic rings. The third-order valence-electron chi connectivity index (χ3n) is 4.74. The van der Waals surface area contributed by atoms with Crippen LogP contribution >= 0.6 is 0 Å². The van der Waals surface area contributed by atoms with Gasteiger partial charge in [-0.25, -0.2) is 9.78 Å². The molecule has 0 bridgehead atoms. The Morgan fingerprint density at radius 3 is 3.00 bits per heavy atom. The highest BCUT2D eigenvalue weighted by atomic mass is 16.5. The third kappa shape index (κ3) is 3.14. The number of rotatable bonds is 3. The standard InChI is InChI=1S/C18H22N6O2/c1-12-6-5-8-23-11-14(21-16(12)23)10-19-18(25)24-9-4-3-7-15(24)17-20-13(2)22-26-17/h5-6,8,11,15H,3-4,7,9-10H2,1-2H3,(H,19,25)/t15-/m0/s1. The first-order valence-electron chi connectivity index (χ1n) is 8.89. The van der Waals surface area contributed by atoms with Gasteiger partial charge >= 0.3 is 6.03 Å². The predicted octanol–water partition coefficient (Wildman–Crippen LogP) is 2.77. The molecule has 1 N–H and O–H groups in total. The van der Waals surface area contributed by atoms with Crippen molar-refractivity contribution in [3.05, 3.63) is 47.5 Å². The molecule has 0 radical (unpaired) electrons. The van der Waals surface area contributed by atoms with Crippen LogP contribution in [0.15, 0.2) is 29.0 Å². The van der Waals surface area contributed by atoms with Crippen LogP contribution in [-0.2, 0) is 6.54 Å². The van der Waals surface area contributed by atoms with Crippen molar-refractivity contribution in [3.63, 3.8) is 0 Å². The quantitative estimate of drug-likeness (QED) is 0.781. The van der Waals surface area contributed by atoms with Crippen molar-refractivity contribution in [2.75, 3.05) is 6.54 Å². The Bertz CT molecular complexity index is 931. The van der Waals surface area contributed by atoms with E-state index in [4.69, 9.17) is 4.52 Å². The Morgan fingerprint density at radius 1 is 1.35 bits per heavy atom. The van der Waals surface area contributed by atoms with Crippen LogP contribution < -0.4 is 5.32 Å². The number of hydrogen-bond donors (Lipinski definition) is 1. The average molecular weight is 354 g/mol. The van der Waals surface area contributed by atoms with E-state index >= 15 is 0 Å². The van der Waals surface area contributed by atoms with Gasteiger partial charge in [-0.15, -0.1) is 0 Å². The second-order valence-electron chi connectivity index (χ2n) is 6.70. The Kier molecular flexibility index (Phi) is 4.32. The van der Waals surface area contributed by atoms with Gasteiger partial charge in [-0.3, -0.25) is 0 Å². The van der Waals surface area contributed by atoms with E-state index in [-0.39, 0.29) is 12.1 Å². The molecule has 4 rings (SSSR count). The molecule has 0 aromatic carbocycles. The molecule has 1 fully saturated rings. The van der Waals surface area contributed by atoms with Crippen LogP contribution in [0.5, 0.6) is 0 Å². The summed E-state index contributed by atoms with van der Waals surface area (Å²) in [6.45, 7) is 4.87. The molecule has 8 nitrogen and oxygen atoms in total. The molecular weight excluding hydrogens is 332 g/mol. The lowest BCUT2D eigenvalue weighted by atomic mass is 10.0. The van der Waals surface area contributed by atoms with E-state index in [0.29, 0.717) is 24.8 Å². The molecule has 3 aromatic heterocycles. The molecule has 1 saturated heterocycles. The predicted molar refractivity (Wildman–Crippen MR) is 94.5 cm³/mol. The smallest absolute Gasteiger partial charge is 0.318 e. The molecule has 0 saturated carbocycles. The highest BCUT2D eigenvalue weighted by molar-refractivity contribution is 5.74. The summed E-state index contributed by atoms with van der Waals surface area (Å²) in [6, 6.07) is 3.72. The van der Waals surface area contributed by atoms with E-state index in [1.165, 1.54) is 0 Å². The average Bonchev–Trinajstić information content (AvgIpc) is 3.26. The zero-order valence-corrected chi connectivity index (χ0v) is 15.0. The number of amides is 2. The molecule has 136 valence electrons. The summed E-state index contributed by atoms with van der Waals surface area (Å²) in [5, 5.41) is 6.83. The summed E-state index contributed by atoms with van der Waals surface area (Å²) in [6.07, 6.45) is 6.76. The second-order valence-corrected chi connectivity index (χ2v) is 6.70. The molecule has 1 aliphatic rings. The number of likely N-dealkylation sites (tertiary alicyclic amines) is 1. The van der Waals surface area contributed by atoms with E-state index < -0.39 is 0 Å². The molecule has 26 heavy (non-hydrogen) atoms. The number of imidazole rings is 1. The number of piperidine rings is 1. The summed E-state index contributed by atoms with van der Waals surface area (Å²) in [4.78, 5) is 23.4. The number of carbonyl (C=O) groups is 1. The molecular formula is C18H22N6O2. The fraction of sp³-hybridized carbons (Fsp3) is 0.444. The van der Waals surface area contributed by atoms with Gasteiger partial charge in [-0.05, 0) is 44.7 Å². The van der Waals surface area contributed by atoms with E-state index in [9.17, 15) is 4.79 Å². The number of aryl methyl sites for hydroxylation is 2. The van der Waals surface area contributed by atoms with Gasteiger partial charge < -0.3 is 19.1 Å². The summed E-state index contributed by atoms with van der Waals surface area (Å²) in [5.74, 6) is 1.10. The largest absolute Gasteiger partial charge is 0.337 e. The van der Waals surface area contributed by atoms with Gasteiger partial charge in [-0.2, -0.15) is 4.98 Å². The monoisotopic (exact) mass is 354 g/mol. The Hall–Kier alpha value is -2.90. The van der Waals surface area contributed by atoms with E-state index in [2.05, 4.69) is 20.4 Å². The second kappa shape index (κ2) is 6.78. The number of hydrogen-bond acceptors (Lipinski definition) is 5. The number of carbonyl (C=O) groups excluding carboxylic acids is 1. The molecule has 1 aliphatic heterocycles. The van der Waals surface area contributed by atoms with Crippen LogP contribution in [-0.4, -0.2) is 37.0 Å². The first-order chi connectivity index (χ1) is 12.6. The highest BCUT2D eigenvalue weighted by Gasteiger charge is 2.31. The molecule has 0 aliphatic carbocycles. The normalized spacial score (nSPS) is 17.6. The fourth-order valence-corrected chi connectivity index (χ4v) is 3.44. The van der Waals surface area contributed by atoms with E-state index in [0.717, 1.165) is 36.2 Å². The van der Waals surface area contributed by atoms with Crippen molar-refractivity contribution in [3.8, 4) is 0 Å². The van der Waals surface area contributed by atoms with Gasteiger partial charge in [0.2, 0.25) is 5.89 Å². The molecule has 4 heterocycles. The van der Waals surface area contributed by atoms with Crippen LogP contribution in [0.4, 0.5) is 4.79 Å². The minimum absolute atomic E-state index is 0.126. The number of fused-ring (bicyclic) bond motifs is 1. The van der Waals surface area contributed by atoms with Gasteiger partial charge in [0.1, 0.15) is 11.7 Å². The minimum Gasteiger partial charge on any atom is -0.337 e. The van der Waals surface area contributed by atoms with Crippen LogP contribution in [0.25, 0.3) is 5.65 Å². The van der Waals surface area contributed by atoms with E-state index in [1.807, 2.05) is 35.9 Å². The number of nitrogens with zero attached hydrogens (tertiary/aromatic N) is 5. The van der Waals surface area contributed by atoms with Gasteiger partial charge in [0.25, 0.3) is 0 Å². The van der Waals surface area contributed by atoms with Crippen molar-refractivity contribution in [1.82, 2.24) is 29.7 Å². The summed E-state index contributed by atoms with van der Waals surface area (Å²) >= 11 is 0. The lowest BCUT2D eigenvalue weighted by Gasteiger charge is -2.33. The third-order valence-corrected chi connectivity index (χ3v) is 4.74. The Labute approximate surface area is 151 Å². The molecule has 0 spiro atoms. The van der Waals surface area contributed by atoms with Gasteiger partial charge in [-0.1, -0.05) is 11.2 Å². The van der Waals surface area contributed by atoms with Crippen LogP contribution in [0.1, 0.15) is 48.3 Å². The topological polar surface area (TPSA) is 88.6 Å². The maximum absolute atomic E-state index is 12.7. The first kappa shape index (κ1) is 16.6. The van der Waals surface area contributed by atoms with Crippen molar-refractivity contribution >= 4 is 11.7 Å². The van der Waals surface area contributed by atoms with Gasteiger partial charge in [0, 0.05) is 18.9 Å². The lowest BCUT2D eigenvalue weighted by molar-refractivity contribution is 0.131. The maximum atomic E-state index is 12.7. The Balaban J connectivity index is 1.46. The number of pyridine rings is 1. The lowest BCUT2D eigenvalue weighted by Crippen LogP contribution is -2.44. The van der Waals surface area contributed by atoms with Crippen molar-refractivity contribution in [2.24, 2.45) is 0 Å². The number of urea groups is 1. The van der Waals surface area contributed by atoms with Crippen LogP contribution in [0, 0.1) is 13.8 Å².